The summed E-state index contributed by atoms with van der Waals surface area (Å²) in [6, 6.07) is 10.3. The number of hydrogen-bond donors (Lipinski definition) is 1. The maximum absolute atomic E-state index is 11.7. The van der Waals surface area contributed by atoms with Gasteiger partial charge in [0.25, 0.3) is 0 Å². The predicted molar refractivity (Wildman–Crippen MR) is 60.5 cm³/mol. The summed E-state index contributed by atoms with van der Waals surface area (Å²) in [5.74, 6) is 0.664. The molecule has 2 unspecified atom stereocenters. The number of rotatable bonds is 2. The van der Waals surface area contributed by atoms with Gasteiger partial charge in [-0.2, -0.15) is 0 Å². The van der Waals surface area contributed by atoms with Crippen LogP contribution in [0.4, 0.5) is 0 Å². The smallest absolute Gasteiger partial charge is 0.224 e. The van der Waals surface area contributed by atoms with Gasteiger partial charge in [-0.25, -0.2) is 0 Å². The highest BCUT2D eigenvalue weighted by Crippen LogP contribution is 2.64. The van der Waals surface area contributed by atoms with E-state index in [9.17, 15) is 4.79 Å². The van der Waals surface area contributed by atoms with Crippen LogP contribution in [-0.2, 0) is 4.79 Å². The summed E-state index contributed by atoms with van der Waals surface area (Å²) in [5, 5.41) is 2.74. The molecule has 0 bridgehead atoms. The molecule has 0 spiro atoms. The normalized spacial score (nSPS) is 27.1. The number of carbonyl (C=O) groups is 1. The van der Waals surface area contributed by atoms with E-state index < -0.39 is 0 Å². The molecule has 2 nitrogen and oxygen atoms in total. The van der Waals surface area contributed by atoms with Crippen molar-refractivity contribution in [1.82, 2.24) is 5.32 Å². The summed E-state index contributed by atoms with van der Waals surface area (Å²) < 4.78 is 0. The SMILES string of the molecule is CNC(=O)C1C(c2ccccc2)C1(C)C. The molecule has 0 radical (unpaired) electrons. The van der Waals surface area contributed by atoms with Crippen LogP contribution in [0.1, 0.15) is 25.3 Å². The van der Waals surface area contributed by atoms with Gasteiger partial charge in [-0.05, 0) is 11.0 Å². The minimum Gasteiger partial charge on any atom is -0.359 e. The van der Waals surface area contributed by atoms with Gasteiger partial charge in [-0.15, -0.1) is 0 Å². The van der Waals surface area contributed by atoms with Crippen molar-refractivity contribution in [2.75, 3.05) is 7.05 Å². The molecule has 1 aliphatic rings. The highest BCUT2D eigenvalue weighted by Gasteiger charge is 2.61. The quantitative estimate of drug-likeness (QED) is 0.784. The number of hydrogen-bond acceptors (Lipinski definition) is 1. The molecule has 1 aliphatic carbocycles. The first-order valence-electron chi connectivity index (χ1n) is 5.35. The van der Waals surface area contributed by atoms with Crippen molar-refractivity contribution in [1.29, 1.82) is 0 Å². The van der Waals surface area contributed by atoms with Gasteiger partial charge in [0.05, 0.1) is 5.92 Å². The molecule has 1 aromatic carbocycles. The van der Waals surface area contributed by atoms with E-state index in [0.717, 1.165) is 0 Å². The molecule has 2 heteroatoms. The molecule has 0 aliphatic heterocycles. The fourth-order valence-electron chi connectivity index (χ4n) is 2.57. The first-order valence-corrected chi connectivity index (χ1v) is 5.35. The number of amides is 1. The topological polar surface area (TPSA) is 29.1 Å². The van der Waals surface area contributed by atoms with Crippen molar-refractivity contribution in [3.8, 4) is 0 Å². The average Bonchev–Trinajstić information content (AvgIpc) is 2.82. The molecule has 1 fully saturated rings. The first kappa shape index (κ1) is 10.2. The third kappa shape index (κ3) is 1.54. The van der Waals surface area contributed by atoms with Gasteiger partial charge in [0.2, 0.25) is 5.91 Å². The zero-order valence-corrected chi connectivity index (χ0v) is 9.45. The zero-order chi connectivity index (χ0) is 11.1. The molecule has 80 valence electrons. The monoisotopic (exact) mass is 203 g/mol. The Bertz CT molecular complexity index is 369. The molecule has 1 N–H and O–H groups in total. The second kappa shape index (κ2) is 3.37. The summed E-state index contributed by atoms with van der Waals surface area (Å²) in [7, 11) is 1.71. The summed E-state index contributed by atoms with van der Waals surface area (Å²) in [4.78, 5) is 11.7. The fraction of sp³-hybridized carbons (Fsp3) is 0.462. The van der Waals surface area contributed by atoms with Crippen LogP contribution in [0.3, 0.4) is 0 Å². The summed E-state index contributed by atoms with van der Waals surface area (Å²) in [6.45, 7) is 4.31. The Morgan fingerprint density at radius 3 is 2.40 bits per heavy atom. The minimum absolute atomic E-state index is 0.0987. The molecule has 2 rings (SSSR count). The first-order chi connectivity index (χ1) is 7.09. The highest BCUT2D eigenvalue weighted by molar-refractivity contribution is 5.84. The van der Waals surface area contributed by atoms with Gasteiger partial charge in [0.15, 0.2) is 0 Å². The van der Waals surface area contributed by atoms with Crippen LogP contribution >= 0.6 is 0 Å². The van der Waals surface area contributed by atoms with Crippen LogP contribution in [0.25, 0.3) is 0 Å². The van der Waals surface area contributed by atoms with Crippen molar-refractivity contribution in [3.63, 3.8) is 0 Å². The van der Waals surface area contributed by atoms with E-state index in [0.29, 0.717) is 5.92 Å². The lowest BCUT2D eigenvalue weighted by molar-refractivity contribution is -0.122. The second-order valence-corrected chi connectivity index (χ2v) is 4.80. The van der Waals surface area contributed by atoms with Crippen molar-refractivity contribution < 1.29 is 4.79 Å². The van der Waals surface area contributed by atoms with Crippen LogP contribution < -0.4 is 5.32 Å². The predicted octanol–water partition coefficient (Wildman–Crippen LogP) is 2.17. The second-order valence-electron chi connectivity index (χ2n) is 4.80. The van der Waals surface area contributed by atoms with Gasteiger partial charge >= 0.3 is 0 Å². The molecule has 0 aromatic heterocycles. The van der Waals surface area contributed by atoms with E-state index >= 15 is 0 Å². The lowest BCUT2D eigenvalue weighted by atomic mass is 10.0. The van der Waals surface area contributed by atoms with Gasteiger partial charge < -0.3 is 5.32 Å². The zero-order valence-electron chi connectivity index (χ0n) is 9.45. The lowest BCUT2D eigenvalue weighted by Gasteiger charge is -2.01. The van der Waals surface area contributed by atoms with E-state index in [-0.39, 0.29) is 17.2 Å². The maximum Gasteiger partial charge on any atom is 0.224 e. The van der Waals surface area contributed by atoms with E-state index in [1.807, 2.05) is 18.2 Å². The van der Waals surface area contributed by atoms with E-state index in [1.54, 1.807) is 7.05 Å². The molecular weight excluding hydrogens is 186 g/mol. The van der Waals surface area contributed by atoms with Crippen LogP contribution in [0.15, 0.2) is 30.3 Å². The molecule has 15 heavy (non-hydrogen) atoms. The van der Waals surface area contributed by atoms with E-state index in [1.165, 1.54) is 5.56 Å². The van der Waals surface area contributed by atoms with Gasteiger partial charge in [-0.3, -0.25) is 4.79 Å². The largest absolute Gasteiger partial charge is 0.359 e. The van der Waals surface area contributed by atoms with E-state index in [4.69, 9.17) is 0 Å². The standard InChI is InChI=1S/C13H17NO/c1-13(2)10(11(13)12(15)14-3)9-7-5-4-6-8-9/h4-8,10-11H,1-3H3,(H,14,15). The van der Waals surface area contributed by atoms with Crippen LogP contribution in [0, 0.1) is 11.3 Å². The van der Waals surface area contributed by atoms with E-state index in [2.05, 4.69) is 31.3 Å². The molecule has 1 saturated carbocycles. The Kier molecular flexibility index (Phi) is 2.29. The molecular formula is C13H17NO. The van der Waals surface area contributed by atoms with Gasteiger partial charge in [0.1, 0.15) is 0 Å². The van der Waals surface area contributed by atoms with Crippen LogP contribution in [0.2, 0.25) is 0 Å². The highest BCUT2D eigenvalue weighted by atomic mass is 16.2. The van der Waals surface area contributed by atoms with Crippen molar-refractivity contribution in [2.45, 2.75) is 19.8 Å². The Morgan fingerprint density at radius 1 is 1.27 bits per heavy atom. The van der Waals surface area contributed by atoms with Crippen LogP contribution in [0.5, 0.6) is 0 Å². The van der Waals surface area contributed by atoms with Gasteiger partial charge in [0, 0.05) is 13.0 Å². The molecule has 0 heterocycles. The number of carbonyl (C=O) groups excluding carboxylic acids is 1. The van der Waals surface area contributed by atoms with Crippen molar-refractivity contribution in [3.05, 3.63) is 35.9 Å². The van der Waals surface area contributed by atoms with Gasteiger partial charge in [-0.1, -0.05) is 44.2 Å². The maximum atomic E-state index is 11.7. The fourth-order valence-corrected chi connectivity index (χ4v) is 2.57. The summed E-state index contributed by atoms with van der Waals surface area (Å²) >= 11 is 0. The minimum atomic E-state index is 0.0987. The van der Waals surface area contributed by atoms with Crippen LogP contribution in [-0.4, -0.2) is 13.0 Å². The van der Waals surface area contributed by atoms with Crippen molar-refractivity contribution in [2.24, 2.45) is 11.3 Å². The van der Waals surface area contributed by atoms with Crippen molar-refractivity contribution >= 4 is 5.91 Å². The average molecular weight is 203 g/mol. The number of nitrogens with one attached hydrogen (secondary N) is 1. The molecule has 1 aromatic rings. The Balaban J connectivity index is 2.23. The Hall–Kier alpha value is -1.31. The molecule has 1 amide bonds. The third-order valence-corrected chi connectivity index (χ3v) is 3.51. The summed E-state index contributed by atoms with van der Waals surface area (Å²) in [5.41, 5.74) is 1.37. The Morgan fingerprint density at radius 2 is 1.87 bits per heavy atom. The molecule has 0 saturated heterocycles. The summed E-state index contributed by atoms with van der Waals surface area (Å²) in [6.07, 6.45) is 0. The third-order valence-electron chi connectivity index (χ3n) is 3.51. The lowest BCUT2D eigenvalue weighted by Crippen LogP contribution is -2.22. The Labute approximate surface area is 90.7 Å². The number of benzene rings is 1. The molecule has 2 atom stereocenters.